The van der Waals surface area contributed by atoms with E-state index >= 15 is 0 Å². The topological polar surface area (TPSA) is 64.1 Å². The van der Waals surface area contributed by atoms with E-state index in [2.05, 4.69) is 43.3 Å². The van der Waals surface area contributed by atoms with Gasteiger partial charge in [0.1, 0.15) is 6.04 Å². The highest BCUT2D eigenvalue weighted by Crippen LogP contribution is 2.32. The molecule has 0 spiro atoms. The molecule has 36 heavy (non-hydrogen) atoms. The van der Waals surface area contributed by atoms with Crippen LogP contribution in [0.5, 0.6) is 0 Å². The van der Waals surface area contributed by atoms with Crippen molar-refractivity contribution in [1.82, 2.24) is 14.7 Å². The van der Waals surface area contributed by atoms with Crippen LogP contribution in [0.25, 0.3) is 0 Å². The molecule has 0 radical (unpaired) electrons. The number of carbonyl (C=O) groups is 2. The molecule has 2 aromatic carbocycles. The number of hydrogen-bond donors (Lipinski definition) is 1. The predicted molar refractivity (Wildman–Crippen MR) is 142 cm³/mol. The number of benzene rings is 2. The average molecular weight is 504 g/mol. The SMILES string of the molecule is Cc1ccc(CN(C(=O)N2CCN(CC(c3ccccc3)c3ccccc3)[C@H](C(=O)O)C2)C2CC2)s1. The van der Waals surface area contributed by atoms with Crippen molar-refractivity contribution in [1.29, 1.82) is 0 Å². The number of amides is 2. The Morgan fingerprint density at radius 1 is 0.972 bits per heavy atom. The summed E-state index contributed by atoms with van der Waals surface area (Å²) in [6.07, 6.45) is 2.04. The van der Waals surface area contributed by atoms with Gasteiger partial charge in [0.2, 0.25) is 0 Å². The van der Waals surface area contributed by atoms with Gasteiger partial charge >= 0.3 is 12.0 Å². The maximum Gasteiger partial charge on any atom is 0.322 e. The van der Waals surface area contributed by atoms with Crippen LogP contribution >= 0.6 is 11.3 Å². The van der Waals surface area contributed by atoms with Crippen LogP contribution in [0.3, 0.4) is 0 Å². The Bertz CT molecular complexity index is 1140. The first-order chi connectivity index (χ1) is 17.5. The Kier molecular flexibility index (Phi) is 7.39. The van der Waals surface area contributed by atoms with Crippen LogP contribution in [0.4, 0.5) is 4.79 Å². The third kappa shape index (κ3) is 5.63. The van der Waals surface area contributed by atoms with Crippen molar-refractivity contribution in [2.75, 3.05) is 26.2 Å². The maximum absolute atomic E-state index is 13.6. The first-order valence-electron chi connectivity index (χ1n) is 12.7. The van der Waals surface area contributed by atoms with Gasteiger partial charge in [0, 0.05) is 47.9 Å². The minimum absolute atomic E-state index is 0.0304. The van der Waals surface area contributed by atoms with E-state index in [0.717, 1.165) is 24.0 Å². The zero-order valence-electron chi connectivity index (χ0n) is 20.6. The number of nitrogens with zero attached hydrogens (tertiary/aromatic N) is 3. The lowest BCUT2D eigenvalue weighted by molar-refractivity contribution is -0.145. The minimum Gasteiger partial charge on any atom is -0.480 e. The van der Waals surface area contributed by atoms with Crippen molar-refractivity contribution >= 4 is 23.3 Å². The molecule has 1 aliphatic carbocycles. The monoisotopic (exact) mass is 503 g/mol. The fraction of sp³-hybridized carbons (Fsp3) is 0.379. The second-order valence-corrected chi connectivity index (χ2v) is 11.2. The number of carboxylic acids is 1. The highest BCUT2D eigenvalue weighted by molar-refractivity contribution is 7.11. The predicted octanol–water partition coefficient (Wildman–Crippen LogP) is 5.04. The van der Waals surface area contributed by atoms with E-state index in [4.69, 9.17) is 0 Å². The first-order valence-corrected chi connectivity index (χ1v) is 13.5. The molecule has 1 saturated carbocycles. The van der Waals surface area contributed by atoms with Gasteiger partial charge in [0.05, 0.1) is 6.54 Å². The number of piperazine rings is 1. The number of carboxylic acid groups (broad SMARTS) is 1. The molecule has 2 fully saturated rings. The fourth-order valence-electron chi connectivity index (χ4n) is 5.11. The van der Waals surface area contributed by atoms with Crippen LogP contribution < -0.4 is 0 Å². The molecule has 1 aliphatic heterocycles. The normalized spacial score (nSPS) is 18.4. The van der Waals surface area contributed by atoms with Gasteiger partial charge < -0.3 is 14.9 Å². The summed E-state index contributed by atoms with van der Waals surface area (Å²) in [4.78, 5) is 34.1. The van der Waals surface area contributed by atoms with Crippen molar-refractivity contribution in [3.05, 3.63) is 93.7 Å². The summed E-state index contributed by atoms with van der Waals surface area (Å²) in [5, 5.41) is 10.2. The molecule has 2 aliphatic rings. The van der Waals surface area contributed by atoms with E-state index < -0.39 is 12.0 Å². The standard InChI is InChI=1S/C29H33N3O3S/c1-21-12-15-25(36-21)18-32(24-13-14-24)29(35)31-17-16-30(27(20-31)28(33)34)19-26(22-8-4-2-5-9-22)23-10-6-3-7-11-23/h2-12,15,24,26-27H,13-14,16-20H2,1H3,(H,33,34)/t27-/m0/s1. The molecule has 1 saturated heterocycles. The Morgan fingerprint density at radius 2 is 1.61 bits per heavy atom. The molecule has 3 aromatic rings. The first kappa shape index (κ1) is 24.5. The van der Waals surface area contributed by atoms with Crippen molar-refractivity contribution < 1.29 is 14.7 Å². The van der Waals surface area contributed by atoms with Gasteiger partial charge in [-0.05, 0) is 43.0 Å². The lowest BCUT2D eigenvalue weighted by Gasteiger charge is -2.42. The smallest absolute Gasteiger partial charge is 0.322 e. The second-order valence-electron chi connectivity index (χ2n) is 9.82. The van der Waals surface area contributed by atoms with Crippen LogP contribution in [0.2, 0.25) is 0 Å². The number of hydrogen-bond acceptors (Lipinski definition) is 4. The van der Waals surface area contributed by atoms with E-state index in [0.29, 0.717) is 26.2 Å². The second kappa shape index (κ2) is 10.8. The van der Waals surface area contributed by atoms with Crippen LogP contribution in [-0.2, 0) is 11.3 Å². The zero-order valence-corrected chi connectivity index (χ0v) is 21.4. The summed E-state index contributed by atoms with van der Waals surface area (Å²) in [7, 11) is 0. The van der Waals surface area contributed by atoms with E-state index in [1.54, 1.807) is 16.2 Å². The lowest BCUT2D eigenvalue weighted by atomic mass is 9.90. The van der Waals surface area contributed by atoms with Crippen molar-refractivity contribution in [3.8, 4) is 0 Å². The Morgan fingerprint density at radius 3 is 2.14 bits per heavy atom. The van der Waals surface area contributed by atoms with Crippen molar-refractivity contribution in [2.24, 2.45) is 0 Å². The van der Waals surface area contributed by atoms with Crippen molar-refractivity contribution in [2.45, 2.75) is 44.3 Å². The van der Waals surface area contributed by atoms with Gasteiger partial charge in [0.15, 0.2) is 0 Å². The van der Waals surface area contributed by atoms with Gasteiger partial charge in [-0.15, -0.1) is 11.3 Å². The van der Waals surface area contributed by atoms with E-state index in [9.17, 15) is 14.7 Å². The number of urea groups is 1. The zero-order chi connectivity index (χ0) is 25.1. The number of aryl methyl sites for hydroxylation is 1. The third-order valence-electron chi connectivity index (χ3n) is 7.22. The van der Waals surface area contributed by atoms with Gasteiger partial charge in [0.25, 0.3) is 0 Å². The van der Waals surface area contributed by atoms with Crippen LogP contribution in [-0.4, -0.2) is 70.1 Å². The number of rotatable bonds is 8. The molecule has 6 nitrogen and oxygen atoms in total. The van der Waals surface area contributed by atoms with Crippen molar-refractivity contribution in [3.63, 3.8) is 0 Å². The molecule has 0 bridgehead atoms. The Balaban J connectivity index is 1.32. The fourth-order valence-corrected chi connectivity index (χ4v) is 6.00. The molecule has 5 rings (SSSR count). The van der Waals surface area contributed by atoms with E-state index in [-0.39, 0.29) is 24.5 Å². The summed E-state index contributed by atoms with van der Waals surface area (Å²) >= 11 is 1.72. The summed E-state index contributed by atoms with van der Waals surface area (Å²) in [5.74, 6) is -0.819. The minimum atomic E-state index is -0.876. The summed E-state index contributed by atoms with van der Waals surface area (Å²) < 4.78 is 0. The van der Waals surface area contributed by atoms with E-state index in [1.165, 1.54) is 9.75 Å². The molecule has 2 heterocycles. The number of thiophene rings is 1. The average Bonchev–Trinajstić information content (AvgIpc) is 3.67. The lowest BCUT2D eigenvalue weighted by Crippen LogP contribution is -2.60. The van der Waals surface area contributed by atoms with Gasteiger partial charge in [-0.3, -0.25) is 9.69 Å². The molecular weight excluding hydrogens is 470 g/mol. The number of carbonyl (C=O) groups excluding carboxylic acids is 1. The molecule has 188 valence electrons. The highest BCUT2D eigenvalue weighted by atomic mass is 32.1. The molecule has 1 aromatic heterocycles. The Labute approximate surface area is 216 Å². The van der Waals surface area contributed by atoms with Gasteiger partial charge in [-0.25, -0.2) is 4.79 Å². The van der Waals surface area contributed by atoms with Gasteiger partial charge in [-0.1, -0.05) is 60.7 Å². The number of aliphatic carboxylic acids is 1. The highest BCUT2D eigenvalue weighted by Gasteiger charge is 2.40. The largest absolute Gasteiger partial charge is 0.480 e. The third-order valence-corrected chi connectivity index (χ3v) is 8.21. The summed E-state index contributed by atoms with van der Waals surface area (Å²) in [6, 6.07) is 24.2. The van der Waals surface area contributed by atoms with Gasteiger partial charge in [-0.2, -0.15) is 0 Å². The molecule has 1 atom stereocenters. The summed E-state index contributed by atoms with van der Waals surface area (Å²) in [5.41, 5.74) is 2.33. The molecule has 2 amide bonds. The van der Waals surface area contributed by atoms with E-state index in [1.807, 2.05) is 46.2 Å². The summed E-state index contributed by atoms with van der Waals surface area (Å²) in [6.45, 7) is 4.54. The molecular formula is C29H33N3O3S. The molecule has 0 unspecified atom stereocenters. The Hall–Kier alpha value is -3.16. The molecule has 1 N–H and O–H groups in total. The quantitative estimate of drug-likeness (QED) is 0.468. The van der Waals surface area contributed by atoms with Crippen LogP contribution in [0, 0.1) is 6.92 Å². The van der Waals surface area contributed by atoms with Crippen LogP contribution in [0.15, 0.2) is 72.8 Å². The maximum atomic E-state index is 13.6. The molecule has 7 heteroatoms. The van der Waals surface area contributed by atoms with Crippen LogP contribution in [0.1, 0.15) is 39.6 Å².